The molecule has 0 aliphatic carbocycles. The second-order valence-electron chi connectivity index (χ2n) is 10.9. The first kappa shape index (κ1) is 28.4. The predicted molar refractivity (Wildman–Crippen MR) is 143 cm³/mol. The molecule has 0 fully saturated rings. The fourth-order valence-corrected chi connectivity index (χ4v) is 4.79. The van der Waals surface area contributed by atoms with Crippen molar-refractivity contribution in [3.63, 3.8) is 0 Å². The number of hydrogen-bond acceptors (Lipinski definition) is 4. The van der Waals surface area contributed by atoms with Crippen LogP contribution in [0, 0.1) is 19.3 Å². The standard InChI is InChI=1S/C30H47NO3/c1-8-30(9-2,25-13-14-27(22(4)19-25)34-20-26(31)16-17-32)24-12-10-23(21(3)18-24)11-15-28(33)29(5,6)7/h10,12-14,18-19,26,28,32-33H,8-9,11,15-17,20,31H2,1-7H3/t26-,28+/m0/s1. The highest BCUT2D eigenvalue weighted by Gasteiger charge is 2.31. The third kappa shape index (κ3) is 6.84. The molecule has 2 aromatic rings. The minimum atomic E-state index is -0.307. The number of ether oxygens (including phenoxy) is 1. The van der Waals surface area contributed by atoms with Crippen molar-refractivity contribution in [3.8, 4) is 5.75 Å². The monoisotopic (exact) mass is 469 g/mol. The average Bonchev–Trinajstić information content (AvgIpc) is 2.78. The van der Waals surface area contributed by atoms with Crippen LogP contribution in [0.3, 0.4) is 0 Å². The van der Waals surface area contributed by atoms with E-state index in [1.807, 2.05) is 0 Å². The maximum atomic E-state index is 10.5. The lowest BCUT2D eigenvalue weighted by Gasteiger charge is -2.34. The minimum Gasteiger partial charge on any atom is -0.492 e. The van der Waals surface area contributed by atoms with Crippen LogP contribution in [0.5, 0.6) is 5.75 Å². The van der Waals surface area contributed by atoms with E-state index in [4.69, 9.17) is 15.6 Å². The molecule has 190 valence electrons. The zero-order valence-electron chi connectivity index (χ0n) is 22.4. The van der Waals surface area contributed by atoms with Gasteiger partial charge in [0.25, 0.3) is 0 Å². The maximum Gasteiger partial charge on any atom is 0.122 e. The third-order valence-corrected chi connectivity index (χ3v) is 7.47. The molecule has 2 aromatic carbocycles. The van der Waals surface area contributed by atoms with Gasteiger partial charge in [-0.2, -0.15) is 0 Å². The van der Waals surface area contributed by atoms with E-state index in [-0.39, 0.29) is 29.6 Å². The molecule has 0 aliphatic rings. The fraction of sp³-hybridized carbons (Fsp3) is 0.600. The van der Waals surface area contributed by atoms with Crippen LogP contribution in [0.4, 0.5) is 0 Å². The van der Waals surface area contributed by atoms with Crippen LogP contribution in [-0.2, 0) is 11.8 Å². The van der Waals surface area contributed by atoms with Gasteiger partial charge in [0, 0.05) is 18.1 Å². The van der Waals surface area contributed by atoms with Gasteiger partial charge in [0.15, 0.2) is 0 Å². The van der Waals surface area contributed by atoms with Crippen molar-refractivity contribution in [3.05, 3.63) is 64.2 Å². The Morgan fingerprint density at radius 2 is 1.50 bits per heavy atom. The van der Waals surface area contributed by atoms with Crippen LogP contribution in [0.15, 0.2) is 36.4 Å². The summed E-state index contributed by atoms with van der Waals surface area (Å²) >= 11 is 0. The first-order chi connectivity index (χ1) is 16.0. The summed E-state index contributed by atoms with van der Waals surface area (Å²) in [6.07, 6.45) is 3.91. The van der Waals surface area contributed by atoms with Crippen molar-refractivity contribution < 1.29 is 14.9 Å². The highest BCUT2D eigenvalue weighted by molar-refractivity contribution is 5.47. The molecule has 4 heteroatoms. The number of rotatable bonds is 12. The Morgan fingerprint density at radius 1 is 0.912 bits per heavy atom. The molecule has 0 heterocycles. The second-order valence-corrected chi connectivity index (χ2v) is 10.9. The summed E-state index contributed by atoms with van der Waals surface area (Å²) < 4.78 is 5.94. The van der Waals surface area contributed by atoms with Crippen LogP contribution in [0.2, 0.25) is 0 Å². The van der Waals surface area contributed by atoms with Gasteiger partial charge in [-0.25, -0.2) is 0 Å². The molecule has 0 unspecified atom stereocenters. The van der Waals surface area contributed by atoms with Crippen molar-refractivity contribution in [2.24, 2.45) is 11.1 Å². The average molecular weight is 470 g/mol. The van der Waals surface area contributed by atoms with Gasteiger partial charge in [-0.3, -0.25) is 0 Å². The Kier molecular flexibility index (Phi) is 10.2. The summed E-state index contributed by atoms with van der Waals surface area (Å²) in [7, 11) is 0. The van der Waals surface area contributed by atoms with E-state index in [1.54, 1.807) is 0 Å². The largest absolute Gasteiger partial charge is 0.492 e. The topological polar surface area (TPSA) is 75.7 Å². The van der Waals surface area contributed by atoms with E-state index in [9.17, 15) is 5.11 Å². The molecule has 2 atom stereocenters. The van der Waals surface area contributed by atoms with Gasteiger partial charge in [-0.05, 0) is 85.3 Å². The maximum absolute atomic E-state index is 10.5. The summed E-state index contributed by atoms with van der Waals surface area (Å²) in [5.41, 5.74) is 12.2. The first-order valence-electron chi connectivity index (χ1n) is 12.9. The normalized spacial score (nSPS) is 14.2. The van der Waals surface area contributed by atoms with E-state index in [0.717, 1.165) is 37.0 Å². The smallest absolute Gasteiger partial charge is 0.122 e. The third-order valence-electron chi connectivity index (χ3n) is 7.47. The second kappa shape index (κ2) is 12.2. The van der Waals surface area contributed by atoms with Gasteiger partial charge in [0.2, 0.25) is 0 Å². The molecule has 0 aliphatic heterocycles. The Morgan fingerprint density at radius 3 is 2.00 bits per heavy atom. The Hall–Kier alpha value is -1.88. The molecule has 0 bridgehead atoms. The summed E-state index contributed by atoms with van der Waals surface area (Å²) in [6, 6.07) is 13.2. The molecule has 4 N–H and O–H groups in total. The number of aliphatic hydroxyl groups excluding tert-OH is 2. The molecule has 0 radical (unpaired) electrons. The molecule has 0 spiro atoms. The lowest BCUT2D eigenvalue weighted by atomic mass is 9.69. The van der Waals surface area contributed by atoms with Gasteiger partial charge >= 0.3 is 0 Å². The first-order valence-corrected chi connectivity index (χ1v) is 12.9. The lowest BCUT2D eigenvalue weighted by molar-refractivity contribution is 0.0560. The van der Waals surface area contributed by atoms with Crippen LogP contribution in [0.1, 0.15) is 88.1 Å². The molecule has 34 heavy (non-hydrogen) atoms. The molecule has 4 nitrogen and oxygen atoms in total. The van der Waals surface area contributed by atoms with Gasteiger partial charge in [0.05, 0.1) is 6.10 Å². The van der Waals surface area contributed by atoms with Crippen molar-refractivity contribution in [1.82, 2.24) is 0 Å². The van der Waals surface area contributed by atoms with E-state index >= 15 is 0 Å². The van der Waals surface area contributed by atoms with E-state index in [0.29, 0.717) is 13.0 Å². The number of nitrogens with two attached hydrogens (primary N) is 1. The van der Waals surface area contributed by atoms with Crippen molar-refractivity contribution in [1.29, 1.82) is 0 Å². The van der Waals surface area contributed by atoms with Crippen LogP contribution in [0.25, 0.3) is 0 Å². The zero-order valence-corrected chi connectivity index (χ0v) is 22.4. The van der Waals surface area contributed by atoms with Crippen molar-refractivity contribution >= 4 is 0 Å². The highest BCUT2D eigenvalue weighted by Crippen LogP contribution is 2.41. The summed E-state index contributed by atoms with van der Waals surface area (Å²) in [5.74, 6) is 0.849. The van der Waals surface area contributed by atoms with Crippen molar-refractivity contribution in [2.75, 3.05) is 13.2 Å². The number of aliphatic hydroxyl groups is 2. The molecule has 2 rings (SSSR count). The van der Waals surface area contributed by atoms with Crippen LogP contribution >= 0.6 is 0 Å². The fourth-order valence-electron chi connectivity index (χ4n) is 4.79. The Balaban J connectivity index is 2.28. The van der Waals surface area contributed by atoms with Gasteiger partial charge in [0.1, 0.15) is 12.4 Å². The number of aryl methyl sites for hydroxylation is 3. The molecule has 0 aromatic heterocycles. The van der Waals surface area contributed by atoms with Gasteiger partial charge in [-0.15, -0.1) is 0 Å². The molecule has 0 saturated carbocycles. The molecule has 0 amide bonds. The molecular weight excluding hydrogens is 422 g/mol. The summed E-state index contributed by atoms with van der Waals surface area (Å²) in [6.45, 7) is 15.5. The quantitative estimate of drug-likeness (QED) is 0.365. The number of benzene rings is 2. The Bertz CT molecular complexity index is 912. The van der Waals surface area contributed by atoms with E-state index < -0.39 is 0 Å². The van der Waals surface area contributed by atoms with Crippen LogP contribution in [-0.4, -0.2) is 35.6 Å². The summed E-state index contributed by atoms with van der Waals surface area (Å²) in [4.78, 5) is 0. The predicted octanol–water partition coefficient (Wildman–Crippen LogP) is 5.84. The molecule has 0 saturated heterocycles. The SMILES string of the molecule is CCC(CC)(c1ccc(CC[C@@H](O)C(C)(C)C)c(C)c1)c1ccc(OC[C@@H](N)CCO)c(C)c1. The minimum absolute atomic E-state index is 0.0647. The highest BCUT2D eigenvalue weighted by atomic mass is 16.5. The van der Waals surface area contributed by atoms with Crippen molar-refractivity contribution in [2.45, 2.75) is 98.1 Å². The van der Waals surface area contributed by atoms with Gasteiger partial charge in [-0.1, -0.05) is 65.0 Å². The van der Waals surface area contributed by atoms with E-state index in [1.165, 1.54) is 22.3 Å². The zero-order chi connectivity index (χ0) is 25.5. The van der Waals surface area contributed by atoms with E-state index in [2.05, 4.69) is 84.9 Å². The van der Waals surface area contributed by atoms with Gasteiger partial charge < -0.3 is 20.7 Å². The summed E-state index contributed by atoms with van der Waals surface area (Å²) in [5, 5.41) is 19.5. The molecular formula is C30H47NO3. The van der Waals surface area contributed by atoms with Crippen LogP contribution < -0.4 is 10.5 Å². The number of hydrogen-bond donors (Lipinski definition) is 3. The Labute approximate surface area is 207 Å². The lowest BCUT2D eigenvalue weighted by Crippen LogP contribution is -2.29.